The van der Waals surface area contributed by atoms with Crippen LogP contribution < -0.4 is 14.5 Å². The number of carbonyl (C=O) groups is 3. The number of nitrogens with one attached hydrogen (secondary N) is 1. The number of para-hydroxylation sites is 1. The number of aryl methyl sites for hydroxylation is 1. The predicted molar refractivity (Wildman–Crippen MR) is 151 cm³/mol. The average Bonchev–Trinajstić information content (AvgIpc) is 3.67. The summed E-state index contributed by atoms with van der Waals surface area (Å²) in [6.07, 6.45) is 0.804. The fourth-order valence-corrected chi connectivity index (χ4v) is 10.4. The van der Waals surface area contributed by atoms with Crippen LogP contribution in [0.1, 0.15) is 35.3 Å². The van der Waals surface area contributed by atoms with E-state index in [4.69, 9.17) is 9.47 Å². The zero-order valence-electron chi connectivity index (χ0n) is 22.0. The molecule has 206 valence electrons. The van der Waals surface area contributed by atoms with Gasteiger partial charge in [0.1, 0.15) is 5.75 Å². The van der Waals surface area contributed by atoms with Gasteiger partial charge in [-0.1, -0.05) is 47.2 Å². The van der Waals surface area contributed by atoms with Crippen molar-refractivity contribution in [3.8, 4) is 5.75 Å². The number of imide groups is 1. The maximum Gasteiger partial charge on any atom is 0.344 e. The molecule has 4 aliphatic rings. The van der Waals surface area contributed by atoms with Gasteiger partial charge in [0, 0.05) is 21.6 Å². The van der Waals surface area contributed by atoms with Crippen LogP contribution in [0.2, 0.25) is 0 Å². The van der Waals surface area contributed by atoms with Crippen molar-refractivity contribution >= 4 is 46.6 Å². The van der Waals surface area contributed by atoms with Crippen molar-refractivity contribution in [1.29, 1.82) is 0 Å². The quantitative estimate of drug-likeness (QED) is 0.343. The molecule has 0 spiro atoms. The van der Waals surface area contributed by atoms with E-state index < -0.39 is 5.97 Å². The van der Waals surface area contributed by atoms with Gasteiger partial charge in [-0.2, -0.15) is 0 Å². The van der Waals surface area contributed by atoms with Gasteiger partial charge in [-0.25, -0.2) is 4.79 Å². The molecule has 10 heteroatoms. The molecule has 2 aliphatic carbocycles. The fourth-order valence-electron chi connectivity index (χ4n) is 7.52. The van der Waals surface area contributed by atoms with Gasteiger partial charge in [-0.15, -0.1) is 11.8 Å². The van der Waals surface area contributed by atoms with Crippen LogP contribution in [0.5, 0.6) is 5.75 Å². The molecule has 2 saturated carbocycles. The Morgan fingerprint density at radius 1 is 1.02 bits per heavy atom. The molecule has 3 heterocycles. The number of aromatic nitrogens is 1. The van der Waals surface area contributed by atoms with Crippen molar-refractivity contribution in [2.45, 2.75) is 36.5 Å². The molecule has 40 heavy (non-hydrogen) atoms. The number of thioether (sulfide) groups is 1. The van der Waals surface area contributed by atoms with Gasteiger partial charge in [0.05, 0.1) is 29.2 Å². The lowest BCUT2D eigenvalue weighted by molar-refractivity contribution is -0.145. The molecule has 3 aromatic rings. The number of H-pyrrole nitrogens is 1. The molecule has 7 rings (SSSR count). The number of hydrogen-bond acceptors (Lipinski definition) is 8. The molecule has 1 saturated heterocycles. The van der Waals surface area contributed by atoms with E-state index in [0.717, 1.165) is 27.5 Å². The highest BCUT2D eigenvalue weighted by atomic mass is 32.2. The summed E-state index contributed by atoms with van der Waals surface area (Å²) in [5.41, 5.74) is 2.58. The normalized spacial score (nSPS) is 29.8. The molecule has 7 atom stereocenters. The first-order valence-corrected chi connectivity index (χ1v) is 15.3. The minimum Gasteiger partial charge on any atom is -0.482 e. The Bertz CT molecular complexity index is 1580. The Morgan fingerprint density at radius 2 is 1.75 bits per heavy atom. The number of carbonyl (C=O) groups excluding carboxylic acids is 3. The summed E-state index contributed by atoms with van der Waals surface area (Å²) in [6, 6.07) is 15.1. The monoisotopic (exact) mass is 576 g/mol. The summed E-state index contributed by atoms with van der Waals surface area (Å²) < 4.78 is 11.0. The number of amides is 2. The van der Waals surface area contributed by atoms with E-state index in [0.29, 0.717) is 11.4 Å². The highest BCUT2D eigenvalue weighted by Gasteiger charge is 2.69. The third-order valence-corrected chi connectivity index (χ3v) is 11.5. The van der Waals surface area contributed by atoms with Crippen molar-refractivity contribution in [3.63, 3.8) is 0 Å². The Hall–Kier alpha value is -3.37. The van der Waals surface area contributed by atoms with E-state index in [9.17, 15) is 19.2 Å². The predicted octanol–water partition coefficient (Wildman–Crippen LogP) is 4.36. The zero-order valence-corrected chi connectivity index (χ0v) is 23.6. The number of anilines is 1. The molecule has 1 aromatic heterocycles. The number of ether oxygens (including phenoxy) is 2. The van der Waals surface area contributed by atoms with Gasteiger partial charge < -0.3 is 14.5 Å². The molecule has 2 bridgehead atoms. The summed E-state index contributed by atoms with van der Waals surface area (Å²) in [4.78, 5) is 57.6. The first kappa shape index (κ1) is 25.6. The molecule has 1 N–H and O–H groups in total. The van der Waals surface area contributed by atoms with Crippen molar-refractivity contribution < 1.29 is 23.9 Å². The summed E-state index contributed by atoms with van der Waals surface area (Å²) in [5, 5.41) is 0.902. The molecule has 2 aliphatic heterocycles. The number of esters is 1. The van der Waals surface area contributed by atoms with Gasteiger partial charge in [0.15, 0.2) is 6.61 Å². The van der Waals surface area contributed by atoms with Gasteiger partial charge in [-0.3, -0.25) is 19.3 Å². The van der Waals surface area contributed by atoms with E-state index in [-0.39, 0.29) is 70.7 Å². The Kier molecular flexibility index (Phi) is 6.16. The summed E-state index contributed by atoms with van der Waals surface area (Å²) in [5.74, 6) is -0.978. The SMILES string of the molecule is CCOC(=O)COc1ccccc1[C@H]1c2sc(=O)[nH]c2SC2C1[C@H]1C[C@@H]2C2C(=O)N(c3ccc(C)cc3)C(=O)C21. The number of fused-ring (bicyclic) bond motifs is 9. The molecule has 3 fully saturated rings. The maximum absolute atomic E-state index is 13.9. The first-order valence-electron chi connectivity index (χ1n) is 13.6. The van der Waals surface area contributed by atoms with Crippen molar-refractivity contribution in [2.75, 3.05) is 18.1 Å². The first-order chi connectivity index (χ1) is 19.4. The van der Waals surface area contributed by atoms with Crippen LogP contribution in [0.25, 0.3) is 0 Å². The van der Waals surface area contributed by atoms with Crippen LogP contribution in [-0.4, -0.2) is 41.2 Å². The summed E-state index contributed by atoms with van der Waals surface area (Å²) in [7, 11) is 0. The Labute approximate surface area is 239 Å². The topological polar surface area (TPSA) is 106 Å². The zero-order chi connectivity index (χ0) is 27.7. The van der Waals surface area contributed by atoms with Gasteiger partial charge >= 0.3 is 10.8 Å². The van der Waals surface area contributed by atoms with Crippen LogP contribution in [-0.2, 0) is 19.1 Å². The lowest BCUT2D eigenvalue weighted by Gasteiger charge is -2.43. The Balaban J connectivity index is 1.28. The van der Waals surface area contributed by atoms with Crippen molar-refractivity contribution in [2.24, 2.45) is 29.6 Å². The van der Waals surface area contributed by atoms with E-state index in [1.165, 1.54) is 16.2 Å². The van der Waals surface area contributed by atoms with Crippen LogP contribution >= 0.6 is 23.1 Å². The number of benzene rings is 2. The fraction of sp³-hybridized carbons (Fsp3) is 0.400. The van der Waals surface area contributed by atoms with E-state index in [1.807, 2.05) is 55.5 Å². The Morgan fingerprint density at radius 3 is 2.50 bits per heavy atom. The van der Waals surface area contributed by atoms with Crippen molar-refractivity contribution in [3.05, 3.63) is 74.2 Å². The number of hydrogen-bond donors (Lipinski definition) is 1. The molecule has 8 nitrogen and oxygen atoms in total. The number of nitrogens with zero attached hydrogens (tertiary/aromatic N) is 1. The molecule has 0 radical (unpaired) electrons. The van der Waals surface area contributed by atoms with E-state index >= 15 is 0 Å². The van der Waals surface area contributed by atoms with Gasteiger partial charge in [0.2, 0.25) is 11.8 Å². The lowest BCUT2D eigenvalue weighted by Crippen LogP contribution is -2.42. The summed E-state index contributed by atoms with van der Waals surface area (Å²) >= 11 is 2.84. The van der Waals surface area contributed by atoms with Crippen LogP contribution in [0.15, 0.2) is 58.4 Å². The molecular formula is C30H28N2O6S2. The van der Waals surface area contributed by atoms with Gasteiger partial charge in [-0.05, 0) is 56.2 Å². The summed E-state index contributed by atoms with van der Waals surface area (Å²) in [6.45, 7) is 3.78. The standard InChI is InChI=1S/C30H28N2O6S2/c1-3-37-20(33)13-38-19-7-5-4-6-16(19)21-22-17-12-18(25(22)39-27-26(21)40-30(36)31-27)24-23(17)28(34)32(29(24)35)15-10-8-14(2)9-11-15/h4-11,17-18,21-25H,3,12-13H2,1-2H3,(H,31,36)/t17-,18-,21-,22?,23?,24?,25?/m1/s1. The highest BCUT2D eigenvalue weighted by molar-refractivity contribution is 8.00. The average molecular weight is 577 g/mol. The molecule has 2 aromatic carbocycles. The molecule has 2 amide bonds. The smallest absolute Gasteiger partial charge is 0.344 e. The van der Waals surface area contributed by atoms with Crippen molar-refractivity contribution in [1.82, 2.24) is 4.98 Å². The largest absolute Gasteiger partial charge is 0.482 e. The van der Waals surface area contributed by atoms with E-state index in [1.54, 1.807) is 18.7 Å². The van der Waals surface area contributed by atoms with Crippen LogP contribution in [0.3, 0.4) is 0 Å². The second-order valence-corrected chi connectivity index (χ2v) is 13.1. The molecule has 4 unspecified atom stereocenters. The third kappa shape index (κ3) is 3.79. The number of rotatable bonds is 6. The second-order valence-electron chi connectivity index (χ2n) is 10.9. The second kappa shape index (κ2) is 9.62. The van der Waals surface area contributed by atoms with E-state index in [2.05, 4.69) is 4.98 Å². The minimum atomic E-state index is -0.449. The maximum atomic E-state index is 13.9. The third-order valence-electron chi connectivity index (χ3n) is 8.92. The molecular weight excluding hydrogens is 548 g/mol. The lowest BCUT2D eigenvalue weighted by atomic mass is 9.68. The van der Waals surface area contributed by atoms with Crippen LogP contribution in [0, 0.1) is 36.5 Å². The number of thiazole rings is 1. The number of aromatic amines is 1. The minimum absolute atomic E-state index is 0.00661. The van der Waals surface area contributed by atoms with Gasteiger partial charge in [0.25, 0.3) is 0 Å². The highest BCUT2D eigenvalue weighted by Crippen LogP contribution is 2.69. The van der Waals surface area contributed by atoms with Crippen LogP contribution in [0.4, 0.5) is 5.69 Å².